The van der Waals surface area contributed by atoms with Gasteiger partial charge in [-0.1, -0.05) is 36.4 Å². The van der Waals surface area contributed by atoms with Crippen molar-refractivity contribution in [3.8, 4) is 5.75 Å². The van der Waals surface area contributed by atoms with Crippen LogP contribution in [-0.4, -0.2) is 37.3 Å². The van der Waals surface area contributed by atoms with Gasteiger partial charge in [0.15, 0.2) is 11.0 Å². The Bertz CT molecular complexity index is 1020. The van der Waals surface area contributed by atoms with Gasteiger partial charge in [-0.15, -0.1) is 0 Å². The topological polar surface area (TPSA) is 173 Å². The average molecular weight is 423 g/mol. The van der Waals surface area contributed by atoms with Gasteiger partial charge in [0.1, 0.15) is 0 Å². The summed E-state index contributed by atoms with van der Waals surface area (Å²) < 4.78 is 30.5. The summed E-state index contributed by atoms with van der Waals surface area (Å²) in [5, 5.41) is 19.8. The van der Waals surface area contributed by atoms with Crippen LogP contribution in [0.2, 0.25) is 0 Å². The molecular weight excluding hydrogens is 406 g/mol. The maximum Gasteiger partial charge on any atom is 0.322 e. The van der Waals surface area contributed by atoms with Crippen LogP contribution >= 0.6 is 0 Å². The first-order valence-corrected chi connectivity index (χ1v) is 9.72. The van der Waals surface area contributed by atoms with Gasteiger partial charge in [-0.2, -0.15) is 8.42 Å². The van der Waals surface area contributed by atoms with Crippen LogP contribution in [0.25, 0.3) is 0 Å². The minimum Gasteiger partial charge on any atom is -0.381 e. The van der Waals surface area contributed by atoms with Gasteiger partial charge < -0.3 is 9.92 Å². The normalized spacial score (nSPS) is 12.1. The van der Waals surface area contributed by atoms with Crippen LogP contribution < -0.4 is 9.92 Å². The minimum absolute atomic E-state index is 0.0723. The quantitative estimate of drug-likeness (QED) is 0.338. The van der Waals surface area contributed by atoms with Crippen molar-refractivity contribution in [3.05, 3.63) is 85.4 Å². The third kappa shape index (κ3) is 5.97. The minimum atomic E-state index is -4.58. The number of hydrogen-bond acceptors (Lipinski definition) is 8. The van der Waals surface area contributed by atoms with E-state index in [1.807, 2.05) is 0 Å². The zero-order chi connectivity index (χ0) is 21.6. The predicted octanol–water partition coefficient (Wildman–Crippen LogP) is 1.33. The number of carbonyl (C=O) groups excluding carboxylic acids is 1. The lowest BCUT2D eigenvalue weighted by molar-refractivity contribution is -0.480. The van der Waals surface area contributed by atoms with Crippen LogP contribution in [0.3, 0.4) is 0 Å². The van der Waals surface area contributed by atoms with Crippen LogP contribution in [0.4, 0.5) is 0 Å². The fraction of sp³-hybridized carbons (Fsp3) is 0.235. The summed E-state index contributed by atoms with van der Waals surface area (Å²) in [6.07, 6.45) is 0.127. The number of primary amides is 1. The Morgan fingerprint density at radius 2 is 1.66 bits per heavy atom. The van der Waals surface area contributed by atoms with E-state index in [9.17, 15) is 33.4 Å². The molecule has 0 spiro atoms. The lowest BCUT2D eigenvalue weighted by Crippen LogP contribution is -2.26. The Morgan fingerprint density at radius 3 is 2.21 bits per heavy atom. The highest BCUT2D eigenvalue weighted by Gasteiger charge is 2.35. The number of para-hydroxylation sites is 1. The SMILES string of the molecule is NC(=O)c1ccccc1OS(=O)(=O)C(C[N+](=O)[O-])c1ccc(CC[N+](=O)[O-])cc1. The molecule has 0 saturated carbocycles. The number of nitro groups is 2. The molecule has 11 nitrogen and oxygen atoms in total. The summed E-state index contributed by atoms with van der Waals surface area (Å²) in [6, 6.07) is 10.9. The monoisotopic (exact) mass is 423 g/mol. The van der Waals surface area contributed by atoms with E-state index < -0.39 is 37.7 Å². The van der Waals surface area contributed by atoms with Crippen LogP contribution in [0, 0.1) is 20.2 Å². The number of nitrogens with zero attached hydrogens (tertiary/aromatic N) is 2. The second kappa shape index (κ2) is 9.10. The first-order chi connectivity index (χ1) is 13.6. The molecule has 2 aromatic carbocycles. The maximum atomic E-state index is 12.7. The molecule has 0 saturated heterocycles. The lowest BCUT2D eigenvalue weighted by Gasteiger charge is -2.16. The van der Waals surface area contributed by atoms with E-state index in [1.165, 1.54) is 48.5 Å². The highest BCUT2D eigenvalue weighted by molar-refractivity contribution is 7.87. The Balaban J connectivity index is 2.35. The highest BCUT2D eigenvalue weighted by Crippen LogP contribution is 2.28. The van der Waals surface area contributed by atoms with Crippen LogP contribution in [0.15, 0.2) is 48.5 Å². The number of carbonyl (C=O) groups is 1. The molecule has 0 aliphatic carbocycles. The fourth-order valence-electron chi connectivity index (χ4n) is 2.54. The molecule has 1 amide bonds. The number of nitrogens with two attached hydrogens (primary N) is 1. The van der Waals surface area contributed by atoms with Crippen LogP contribution in [-0.2, 0) is 16.5 Å². The average Bonchev–Trinajstić information content (AvgIpc) is 2.64. The van der Waals surface area contributed by atoms with Gasteiger partial charge >= 0.3 is 10.1 Å². The standard InChI is InChI=1S/C17H17N3O8S/c18-17(21)14-3-1-2-4-15(14)28-29(26,27)16(11-20(24)25)13-7-5-12(6-8-13)9-10-19(22)23/h1-8,16H,9-11H2,(H2,18,21). The van der Waals surface area contributed by atoms with E-state index in [1.54, 1.807) is 0 Å². The molecule has 0 radical (unpaired) electrons. The van der Waals surface area contributed by atoms with E-state index in [0.29, 0.717) is 5.56 Å². The molecule has 12 heteroatoms. The van der Waals surface area contributed by atoms with Crippen LogP contribution in [0.5, 0.6) is 5.75 Å². The Hall–Kier alpha value is -3.54. The molecule has 0 aliphatic rings. The molecule has 0 aromatic heterocycles. The molecule has 0 aliphatic heterocycles. The van der Waals surface area contributed by atoms with Gasteiger partial charge in [0.25, 0.3) is 5.91 Å². The van der Waals surface area contributed by atoms with Gasteiger partial charge in [-0.05, 0) is 23.3 Å². The van der Waals surface area contributed by atoms with E-state index in [-0.39, 0.29) is 29.8 Å². The summed E-state index contributed by atoms with van der Waals surface area (Å²) in [4.78, 5) is 31.7. The van der Waals surface area contributed by atoms with Crippen molar-refractivity contribution in [2.24, 2.45) is 5.73 Å². The number of amides is 1. The van der Waals surface area contributed by atoms with E-state index in [4.69, 9.17) is 9.92 Å². The third-order valence-electron chi connectivity index (χ3n) is 3.96. The lowest BCUT2D eigenvalue weighted by atomic mass is 10.1. The van der Waals surface area contributed by atoms with E-state index in [2.05, 4.69) is 0 Å². The molecule has 0 bridgehead atoms. The molecule has 0 heterocycles. The molecule has 2 N–H and O–H groups in total. The summed E-state index contributed by atoms with van der Waals surface area (Å²) in [5.74, 6) is -1.26. The van der Waals surface area contributed by atoms with E-state index in [0.717, 1.165) is 0 Å². The zero-order valence-electron chi connectivity index (χ0n) is 15.0. The summed E-state index contributed by atoms with van der Waals surface area (Å²) in [6.45, 7) is -1.28. The molecule has 29 heavy (non-hydrogen) atoms. The van der Waals surface area contributed by atoms with Crippen molar-refractivity contribution in [2.75, 3.05) is 13.1 Å². The van der Waals surface area contributed by atoms with Gasteiger partial charge in [0.05, 0.1) is 5.56 Å². The molecule has 154 valence electrons. The largest absolute Gasteiger partial charge is 0.381 e. The van der Waals surface area contributed by atoms with Crippen molar-refractivity contribution in [3.63, 3.8) is 0 Å². The number of rotatable bonds is 10. The van der Waals surface area contributed by atoms with Crippen molar-refractivity contribution < 1.29 is 27.2 Å². The smallest absolute Gasteiger partial charge is 0.322 e. The Labute approximate surface area is 165 Å². The Kier molecular flexibility index (Phi) is 6.83. The van der Waals surface area contributed by atoms with E-state index >= 15 is 0 Å². The summed E-state index contributed by atoms with van der Waals surface area (Å²) >= 11 is 0. The highest BCUT2D eigenvalue weighted by atomic mass is 32.2. The maximum absolute atomic E-state index is 12.7. The molecule has 2 rings (SSSR count). The summed E-state index contributed by atoms with van der Waals surface area (Å²) in [5.41, 5.74) is 5.65. The van der Waals surface area contributed by atoms with Crippen molar-refractivity contribution >= 4 is 16.0 Å². The molecule has 1 unspecified atom stereocenters. The first-order valence-electron chi connectivity index (χ1n) is 8.24. The van der Waals surface area contributed by atoms with Gasteiger partial charge in [-0.25, -0.2) is 0 Å². The third-order valence-corrected chi connectivity index (χ3v) is 5.49. The second-order valence-corrected chi connectivity index (χ2v) is 7.71. The predicted molar refractivity (Wildman–Crippen MR) is 101 cm³/mol. The molecular formula is C17H17N3O8S. The van der Waals surface area contributed by atoms with Gasteiger partial charge in [0.2, 0.25) is 13.1 Å². The van der Waals surface area contributed by atoms with Gasteiger partial charge in [0, 0.05) is 16.3 Å². The van der Waals surface area contributed by atoms with Crippen molar-refractivity contribution in [2.45, 2.75) is 11.7 Å². The second-order valence-electron chi connectivity index (χ2n) is 5.99. The summed E-state index contributed by atoms with van der Waals surface area (Å²) in [7, 11) is -4.58. The number of benzene rings is 2. The fourth-order valence-corrected chi connectivity index (χ4v) is 3.85. The molecule has 1 atom stereocenters. The molecule has 2 aromatic rings. The van der Waals surface area contributed by atoms with Crippen molar-refractivity contribution in [1.82, 2.24) is 0 Å². The first kappa shape index (κ1) is 21.8. The molecule has 0 fully saturated rings. The van der Waals surface area contributed by atoms with Crippen LogP contribution in [0.1, 0.15) is 26.7 Å². The zero-order valence-corrected chi connectivity index (χ0v) is 15.8. The van der Waals surface area contributed by atoms with Gasteiger partial charge in [-0.3, -0.25) is 25.0 Å². The number of hydrogen-bond donors (Lipinski definition) is 1. The Morgan fingerprint density at radius 1 is 1.03 bits per heavy atom. The van der Waals surface area contributed by atoms with Crippen molar-refractivity contribution in [1.29, 1.82) is 0 Å².